The Hall–Kier alpha value is -2.65. The Labute approximate surface area is 210 Å². The van der Waals surface area contributed by atoms with Crippen LogP contribution in [0.4, 0.5) is 0 Å². The molecule has 1 atom stereocenters. The molecule has 14 heteroatoms. The normalized spacial score (nSPS) is 22.4. The lowest BCUT2D eigenvalue weighted by atomic mass is 10.1. The van der Waals surface area contributed by atoms with E-state index in [1.165, 1.54) is 6.92 Å². The van der Waals surface area contributed by atoms with Gasteiger partial charge in [0.25, 0.3) is 0 Å². The van der Waals surface area contributed by atoms with E-state index < -0.39 is 23.9 Å². The minimum absolute atomic E-state index is 0.0376. The summed E-state index contributed by atoms with van der Waals surface area (Å²) in [6.45, 7) is 4.87. The first-order chi connectivity index (χ1) is 17.0. The van der Waals surface area contributed by atoms with Gasteiger partial charge in [0, 0.05) is 72.0 Å². The third kappa shape index (κ3) is 11.0. The number of ketones is 1. The summed E-state index contributed by atoms with van der Waals surface area (Å²) in [6, 6.07) is -0.403. The van der Waals surface area contributed by atoms with Gasteiger partial charge in [0.1, 0.15) is 5.78 Å². The fourth-order valence-electron chi connectivity index (χ4n) is 4.32. The molecule has 0 aliphatic carbocycles. The molecule has 14 nitrogen and oxygen atoms in total. The SMILES string of the molecule is CC(=O)[C@@H]1CN(C(=O)CN2CCN(CC(=O)O)CCN(CC(=O)O)CCN(CC(=O)O)CC2)CCN1. The summed E-state index contributed by atoms with van der Waals surface area (Å²) in [5.74, 6) is -3.20. The molecule has 0 aromatic carbocycles. The number of rotatable bonds is 9. The van der Waals surface area contributed by atoms with Crippen LogP contribution in [0.3, 0.4) is 0 Å². The van der Waals surface area contributed by atoms with Crippen molar-refractivity contribution in [3.05, 3.63) is 0 Å². The predicted molar refractivity (Wildman–Crippen MR) is 128 cm³/mol. The van der Waals surface area contributed by atoms with E-state index in [-0.39, 0.29) is 44.4 Å². The maximum absolute atomic E-state index is 13.0. The monoisotopic (exact) mass is 514 g/mol. The number of carboxylic acid groups (broad SMARTS) is 3. The Kier molecular flexibility index (Phi) is 12.2. The topological polar surface area (TPSA) is 174 Å². The van der Waals surface area contributed by atoms with Crippen LogP contribution < -0.4 is 5.32 Å². The first kappa shape index (κ1) is 29.6. The molecule has 2 aliphatic rings. The molecule has 2 fully saturated rings. The zero-order valence-corrected chi connectivity index (χ0v) is 20.8. The maximum atomic E-state index is 13.0. The number of carbonyl (C=O) groups excluding carboxylic acids is 2. The van der Waals surface area contributed by atoms with E-state index in [0.29, 0.717) is 65.4 Å². The molecule has 2 saturated heterocycles. The van der Waals surface area contributed by atoms with Crippen LogP contribution in [0.25, 0.3) is 0 Å². The molecule has 0 spiro atoms. The second kappa shape index (κ2) is 14.8. The molecule has 4 N–H and O–H groups in total. The standard InChI is InChI=1S/C22H38N6O8/c1-17(29)18-12-28(3-2-23-18)19(30)13-24-4-6-25(14-20(31)32)8-10-27(16-22(35)36)11-9-26(7-5-24)15-21(33)34/h18,23H,2-16H2,1H3,(H,31,32)(H,33,34)(H,35,36)/t18-/m0/s1. The molecule has 0 aromatic heterocycles. The highest BCUT2D eigenvalue weighted by atomic mass is 16.4. The van der Waals surface area contributed by atoms with Gasteiger partial charge in [-0.05, 0) is 6.92 Å². The van der Waals surface area contributed by atoms with E-state index >= 15 is 0 Å². The number of aliphatic carboxylic acids is 3. The molecule has 2 aliphatic heterocycles. The highest BCUT2D eigenvalue weighted by molar-refractivity contribution is 5.84. The van der Waals surface area contributed by atoms with Crippen LogP contribution in [-0.2, 0) is 24.0 Å². The largest absolute Gasteiger partial charge is 0.480 e. The van der Waals surface area contributed by atoms with Crippen molar-refractivity contribution in [1.82, 2.24) is 29.8 Å². The van der Waals surface area contributed by atoms with Gasteiger partial charge in [0.15, 0.2) is 0 Å². The van der Waals surface area contributed by atoms with Gasteiger partial charge in [-0.2, -0.15) is 0 Å². The summed E-state index contributed by atoms with van der Waals surface area (Å²) in [4.78, 5) is 67.4. The van der Waals surface area contributed by atoms with Crippen LogP contribution in [0.15, 0.2) is 0 Å². The first-order valence-electron chi connectivity index (χ1n) is 12.1. The van der Waals surface area contributed by atoms with Crippen molar-refractivity contribution in [3.8, 4) is 0 Å². The number of hydrogen-bond donors (Lipinski definition) is 4. The van der Waals surface area contributed by atoms with Gasteiger partial charge in [-0.15, -0.1) is 0 Å². The smallest absolute Gasteiger partial charge is 0.317 e. The summed E-state index contributed by atoms with van der Waals surface area (Å²) in [7, 11) is 0. The van der Waals surface area contributed by atoms with Gasteiger partial charge in [-0.25, -0.2) is 0 Å². The minimum atomic E-state index is -1.01. The van der Waals surface area contributed by atoms with Crippen molar-refractivity contribution in [2.24, 2.45) is 0 Å². The van der Waals surface area contributed by atoms with Crippen molar-refractivity contribution in [2.75, 3.05) is 98.2 Å². The quantitative estimate of drug-likeness (QED) is 0.243. The van der Waals surface area contributed by atoms with E-state index in [1.54, 1.807) is 19.6 Å². The maximum Gasteiger partial charge on any atom is 0.317 e. The molecule has 0 aromatic rings. The number of nitrogens with one attached hydrogen (secondary N) is 1. The number of amides is 1. The number of carbonyl (C=O) groups is 5. The summed E-state index contributed by atoms with van der Waals surface area (Å²) < 4.78 is 0. The molecule has 2 rings (SSSR count). The van der Waals surface area contributed by atoms with Crippen LogP contribution in [0, 0.1) is 0 Å². The molecule has 0 saturated carbocycles. The van der Waals surface area contributed by atoms with E-state index in [9.17, 15) is 39.3 Å². The molecule has 0 unspecified atom stereocenters. The van der Waals surface area contributed by atoms with Gasteiger partial charge >= 0.3 is 17.9 Å². The molecule has 36 heavy (non-hydrogen) atoms. The predicted octanol–water partition coefficient (Wildman–Crippen LogP) is -3.15. The second-order valence-corrected chi connectivity index (χ2v) is 9.24. The Morgan fingerprint density at radius 2 is 1.00 bits per heavy atom. The number of piperazine rings is 1. The number of nitrogens with zero attached hydrogens (tertiary/aromatic N) is 5. The molecule has 1 amide bonds. The molecule has 0 radical (unpaired) electrons. The Morgan fingerprint density at radius 3 is 1.33 bits per heavy atom. The van der Waals surface area contributed by atoms with E-state index in [0.717, 1.165) is 0 Å². The lowest BCUT2D eigenvalue weighted by Gasteiger charge is -2.35. The number of Topliss-reactive ketones (excluding diaryl/α,β-unsaturated/α-hetero) is 1. The average Bonchev–Trinajstić information content (AvgIpc) is 2.79. The van der Waals surface area contributed by atoms with Crippen molar-refractivity contribution in [3.63, 3.8) is 0 Å². The number of hydrogen-bond acceptors (Lipinski definition) is 10. The molecule has 2 heterocycles. The van der Waals surface area contributed by atoms with Crippen LogP contribution in [0.5, 0.6) is 0 Å². The van der Waals surface area contributed by atoms with Crippen LogP contribution in [0.2, 0.25) is 0 Å². The van der Waals surface area contributed by atoms with Crippen molar-refractivity contribution < 1.29 is 39.3 Å². The van der Waals surface area contributed by atoms with Gasteiger partial charge < -0.3 is 25.5 Å². The summed E-state index contributed by atoms with van der Waals surface area (Å²) in [5.41, 5.74) is 0. The third-order valence-electron chi connectivity index (χ3n) is 6.38. The molecular formula is C22H38N6O8. The average molecular weight is 515 g/mol. The zero-order chi connectivity index (χ0) is 26.7. The highest BCUT2D eigenvalue weighted by Crippen LogP contribution is 2.05. The van der Waals surface area contributed by atoms with Gasteiger partial charge in [-0.3, -0.25) is 43.6 Å². The molecular weight excluding hydrogens is 476 g/mol. The van der Waals surface area contributed by atoms with Crippen LogP contribution in [-0.4, -0.2) is 174 Å². The van der Waals surface area contributed by atoms with E-state index in [1.807, 2.05) is 4.90 Å². The van der Waals surface area contributed by atoms with Gasteiger partial charge in [0.05, 0.1) is 32.2 Å². The van der Waals surface area contributed by atoms with Gasteiger partial charge in [0.2, 0.25) is 5.91 Å². The lowest BCUT2D eigenvalue weighted by Crippen LogP contribution is -2.57. The van der Waals surface area contributed by atoms with Crippen molar-refractivity contribution in [1.29, 1.82) is 0 Å². The van der Waals surface area contributed by atoms with Crippen molar-refractivity contribution in [2.45, 2.75) is 13.0 Å². The lowest BCUT2D eigenvalue weighted by molar-refractivity contribution is -0.141. The summed E-state index contributed by atoms with van der Waals surface area (Å²) >= 11 is 0. The van der Waals surface area contributed by atoms with Gasteiger partial charge in [-0.1, -0.05) is 0 Å². The Morgan fingerprint density at radius 1 is 0.639 bits per heavy atom. The van der Waals surface area contributed by atoms with Crippen molar-refractivity contribution >= 4 is 29.6 Å². The second-order valence-electron chi connectivity index (χ2n) is 9.24. The molecule has 0 bridgehead atoms. The highest BCUT2D eigenvalue weighted by Gasteiger charge is 2.27. The van der Waals surface area contributed by atoms with Crippen LogP contribution >= 0.6 is 0 Å². The Balaban J connectivity index is 2.12. The number of carboxylic acids is 3. The summed E-state index contributed by atoms with van der Waals surface area (Å²) in [6.07, 6.45) is 0. The van der Waals surface area contributed by atoms with E-state index in [4.69, 9.17) is 0 Å². The first-order valence-corrected chi connectivity index (χ1v) is 12.1. The molecule has 204 valence electrons. The summed E-state index contributed by atoms with van der Waals surface area (Å²) in [5, 5.41) is 31.0. The minimum Gasteiger partial charge on any atom is -0.480 e. The Bertz CT molecular complexity index is 765. The zero-order valence-electron chi connectivity index (χ0n) is 20.8. The van der Waals surface area contributed by atoms with Crippen LogP contribution in [0.1, 0.15) is 6.92 Å². The van der Waals surface area contributed by atoms with E-state index in [2.05, 4.69) is 5.32 Å². The third-order valence-corrected chi connectivity index (χ3v) is 6.38. The fourth-order valence-corrected chi connectivity index (χ4v) is 4.32. The fraction of sp³-hybridized carbons (Fsp3) is 0.773.